The van der Waals surface area contributed by atoms with E-state index in [9.17, 15) is 14.4 Å². The van der Waals surface area contributed by atoms with Crippen molar-refractivity contribution in [3.63, 3.8) is 0 Å². The van der Waals surface area contributed by atoms with Crippen LogP contribution in [0.4, 0.5) is 0 Å². The lowest BCUT2D eigenvalue weighted by Crippen LogP contribution is -2.47. The zero-order valence-corrected chi connectivity index (χ0v) is 13.7. The van der Waals surface area contributed by atoms with Crippen LogP contribution in [-0.4, -0.2) is 52.9 Å². The van der Waals surface area contributed by atoms with E-state index in [0.29, 0.717) is 30.0 Å². The Balaban J connectivity index is 1.55. The van der Waals surface area contributed by atoms with Gasteiger partial charge in [0.05, 0.1) is 0 Å². The third-order valence-corrected chi connectivity index (χ3v) is 5.25. The molecule has 1 aliphatic heterocycles. The van der Waals surface area contributed by atoms with Gasteiger partial charge in [0.2, 0.25) is 0 Å². The first-order valence-electron chi connectivity index (χ1n) is 7.75. The molecule has 1 N–H and O–H groups in total. The second-order valence-electron chi connectivity index (χ2n) is 6.02. The molecule has 23 heavy (non-hydrogen) atoms. The highest BCUT2D eigenvalue weighted by Gasteiger charge is 2.33. The van der Waals surface area contributed by atoms with Gasteiger partial charge in [-0.25, -0.2) is 4.98 Å². The molecule has 2 amide bonds. The van der Waals surface area contributed by atoms with E-state index in [2.05, 4.69) is 10.3 Å². The van der Waals surface area contributed by atoms with Gasteiger partial charge in [0.1, 0.15) is 11.8 Å². The molecular formula is C15H19N3O4S. The second-order valence-corrected chi connectivity index (χ2v) is 6.88. The molecular weight excluding hydrogens is 318 g/mol. The standard InChI is InChI=1S/C15H19N3O4S/c1-9-3-2-4-18(9)15(21)12-7-23-14(17-12)13(20)16-10-5-11(6-10)22-8-19/h7-11H,2-6H2,1H3,(H,16,20)/t9-,10-,11-/m0/s1. The molecule has 1 aromatic heterocycles. The highest BCUT2D eigenvalue weighted by Crippen LogP contribution is 2.24. The van der Waals surface area contributed by atoms with E-state index in [0.717, 1.165) is 19.4 Å². The zero-order chi connectivity index (χ0) is 16.4. The number of carbonyl (C=O) groups excluding carboxylic acids is 3. The molecule has 1 aromatic rings. The lowest BCUT2D eigenvalue weighted by molar-refractivity contribution is -0.138. The summed E-state index contributed by atoms with van der Waals surface area (Å²) in [5, 5.41) is 4.77. The van der Waals surface area contributed by atoms with Crippen LogP contribution >= 0.6 is 11.3 Å². The number of nitrogens with one attached hydrogen (secondary N) is 1. The summed E-state index contributed by atoms with van der Waals surface area (Å²) in [7, 11) is 0. The van der Waals surface area contributed by atoms with Gasteiger partial charge in [0.25, 0.3) is 18.3 Å². The number of amides is 2. The van der Waals surface area contributed by atoms with E-state index in [1.807, 2.05) is 11.8 Å². The van der Waals surface area contributed by atoms with Crippen molar-refractivity contribution >= 4 is 29.6 Å². The molecule has 1 atom stereocenters. The molecule has 0 spiro atoms. The molecule has 2 aliphatic rings. The van der Waals surface area contributed by atoms with Crippen LogP contribution in [0.3, 0.4) is 0 Å². The van der Waals surface area contributed by atoms with Crippen molar-refractivity contribution in [1.29, 1.82) is 0 Å². The van der Waals surface area contributed by atoms with Crippen LogP contribution in [0, 0.1) is 0 Å². The number of thiazole rings is 1. The lowest BCUT2D eigenvalue weighted by Gasteiger charge is -2.33. The summed E-state index contributed by atoms with van der Waals surface area (Å²) in [5.41, 5.74) is 0.338. The molecule has 2 heterocycles. The first-order valence-corrected chi connectivity index (χ1v) is 8.63. The van der Waals surface area contributed by atoms with Crippen molar-refractivity contribution < 1.29 is 19.1 Å². The van der Waals surface area contributed by atoms with Crippen LogP contribution in [0.25, 0.3) is 0 Å². The van der Waals surface area contributed by atoms with Gasteiger partial charge < -0.3 is 15.0 Å². The number of likely N-dealkylation sites (tertiary alicyclic amines) is 1. The molecule has 8 heteroatoms. The predicted molar refractivity (Wildman–Crippen MR) is 83.3 cm³/mol. The van der Waals surface area contributed by atoms with Crippen molar-refractivity contribution in [2.45, 2.75) is 50.8 Å². The number of nitrogens with zero attached hydrogens (tertiary/aromatic N) is 2. The molecule has 1 saturated carbocycles. The van der Waals surface area contributed by atoms with Crippen molar-refractivity contribution in [3.05, 3.63) is 16.1 Å². The SMILES string of the molecule is C[C@H]1CCCN1C(=O)c1csc(C(=O)N[C@H]2C[C@H](OC=O)C2)n1. The smallest absolute Gasteiger partial charge is 0.293 e. The maximum absolute atomic E-state index is 12.4. The minimum absolute atomic E-state index is 0.00546. The Kier molecular flexibility index (Phi) is 4.61. The summed E-state index contributed by atoms with van der Waals surface area (Å²) in [6.07, 6.45) is 3.15. The van der Waals surface area contributed by atoms with Crippen LogP contribution < -0.4 is 5.32 Å². The van der Waals surface area contributed by atoms with Crippen molar-refractivity contribution in [2.24, 2.45) is 0 Å². The Morgan fingerprint density at radius 3 is 2.91 bits per heavy atom. The Morgan fingerprint density at radius 2 is 2.26 bits per heavy atom. The number of rotatable bonds is 5. The number of hydrogen-bond donors (Lipinski definition) is 1. The summed E-state index contributed by atoms with van der Waals surface area (Å²) < 4.78 is 4.80. The maximum Gasteiger partial charge on any atom is 0.293 e. The van der Waals surface area contributed by atoms with Gasteiger partial charge in [0, 0.05) is 36.9 Å². The summed E-state index contributed by atoms with van der Waals surface area (Å²) in [5.74, 6) is -0.383. The summed E-state index contributed by atoms with van der Waals surface area (Å²) >= 11 is 1.18. The maximum atomic E-state index is 12.4. The van der Waals surface area contributed by atoms with Gasteiger partial charge in [-0.1, -0.05) is 0 Å². The predicted octanol–water partition coefficient (Wildman–Crippen LogP) is 1.20. The average Bonchev–Trinajstić information content (AvgIpc) is 3.13. The van der Waals surface area contributed by atoms with Gasteiger partial charge >= 0.3 is 0 Å². The van der Waals surface area contributed by atoms with Crippen LogP contribution in [-0.2, 0) is 9.53 Å². The quantitative estimate of drug-likeness (QED) is 0.816. The number of hydrogen-bond acceptors (Lipinski definition) is 6. The minimum atomic E-state index is -0.280. The molecule has 2 fully saturated rings. The van der Waals surface area contributed by atoms with Gasteiger partial charge in [0.15, 0.2) is 5.01 Å². The van der Waals surface area contributed by atoms with Gasteiger partial charge in [-0.3, -0.25) is 14.4 Å². The summed E-state index contributed by atoms with van der Waals surface area (Å²) in [6, 6.07) is 0.223. The first kappa shape index (κ1) is 15.9. The van der Waals surface area contributed by atoms with E-state index in [1.54, 1.807) is 5.38 Å². The third kappa shape index (κ3) is 3.36. The van der Waals surface area contributed by atoms with Gasteiger partial charge in [-0.05, 0) is 19.8 Å². The highest BCUT2D eigenvalue weighted by atomic mass is 32.1. The van der Waals surface area contributed by atoms with Crippen LogP contribution in [0.2, 0.25) is 0 Å². The Morgan fingerprint density at radius 1 is 1.48 bits per heavy atom. The highest BCUT2D eigenvalue weighted by molar-refractivity contribution is 7.11. The first-order chi connectivity index (χ1) is 11.1. The molecule has 3 rings (SSSR count). The van der Waals surface area contributed by atoms with E-state index in [-0.39, 0.29) is 30.0 Å². The minimum Gasteiger partial charge on any atom is -0.464 e. The molecule has 0 radical (unpaired) electrons. The fourth-order valence-electron chi connectivity index (χ4n) is 2.98. The normalized spacial score (nSPS) is 26.5. The van der Waals surface area contributed by atoms with E-state index < -0.39 is 0 Å². The van der Waals surface area contributed by atoms with Crippen molar-refractivity contribution in [3.8, 4) is 0 Å². The molecule has 124 valence electrons. The molecule has 0 bridgehead atoms. The van der Waals surface area contributed by atoms with Gasteiger partial charge in [-0.15, -0.1) is 11.3 Å². The Hall–Kier alpha value is -1.96. The number of ether oxygens (including phenoxy) is 1. The fourth-order valence-corrected chi connectivity index (χ4v) is 3.67. The van der Waals surface area contributed by atoms with E-state index >= 15 is 0 Å². The zero-order valence-electron chi connectivity index (χ0n) is 12.9. The van der Waals surface area contributed by atoms with Crippen LogP contribution in [0.15, 0.2) is 5.38 Å². The fraction of sp³-hybridized carbons (Fsp3) is 0.600. The summed E-state index contributed by atoms with van der Waals surface area (Å²) in [4.78, 5) is 40.7. The molecule has 0 aromatic carbocycles. The Labute approximate surface area is 138 Å². The van der Waals surface area contributed by atoms with E-state index in [1.165, 1.54) is 11.3 Å². The third-order valence-electron chi connectivity index (χ3n) is 4.41. The largest absolute Gasteiger partial charge is 0.464 e. The topological polar surface area (TPSA) is 88.6 Å². The van der Waals surface area contributed by atoms with Crippen LogP contribution in [0.5, 0.6) is 0 Å². The number of carbonyl (C=O) groups is 3. The lowest BCUT2D eigenvalue weighted by atomic mass is 9.89. The summed E-state index contributed by atoms with van der Waals surface area (Å²) in [6.45, 7) is 3.21. The van der Waals surface area contributed by atoms with E-state index in [4.69, 9.17) is 4.74 Å². The number of aromatic nitrogens is 1. The van der Waals surface area contributed by atoms with Crippen molar-refractivity contribution in [2.75, 3.05) is 6.54 Å². The van der Waals surface area contributed by atoms with Crippen molar-refractivity contribution in [1.82, 2.24) is 15.2 Å². The average molecular weight is 337 g/mol. The second kappa shape index (κ2) is 6.66. The van der Waals surface area contributed by atoms with Gasteiger partial charge in [-0.2, -0.15) is 0 Å². The molecule has 0 unspecified atom stereocenters. The molecule has 7 nitrogen and oxygen atoms in total. The monoisotopic (exact) mass is 337 g/mol. The van der Waals surface area contributed by atoms with Crippen LogP contribution in [0.1, 0.15) is 52.9 Å². The Bertz CT molecular complexity index is 612. The molecule has 1 aliphatic carbocycles. The molecule has 1 saturated heterocycles.